The molecule has 6 rings (SSSR count). The molecule has 5 heterocycles. The minimum absolute atomic E-state index is 0.409. The van der Waals surface area contributed by atoms with Crippen LogP contribution in [0.4, 0.5) is 0 Å². The zero-order valence-corrected chi connectivity index (χ0v) is 17.2. The molecule has 1 N–H and O–H groups in total. The van der Waals surface area contributed by atoms with Gasteiger partial charge in [-0.05, 0) is 25.1 Å². The fourth-order valence-corrected chi connectivity index (χ4v) is 4.69. The first kappa shape index (κ1) is 18.1. The summed E-state index contributed by atoms with van der Waals surface area (Å²) in [5.74, 6) is 0. The molecular weight excluding hydrogens is 376 g/mol. The van der Waals surface area contributed by atoms with Crippen molar-refractivity contribution in [3.05, 3.63) is 54.0 Å². The molecule has 154 valence electrons. The van der Waals surface area contributed by atoms with E-state index in [4.69, 9.17) is 14.5 Å². The highest BCUT2D eigenvalue weighted by atomic mass is 16.5. The van der Waals surface area contributed by atoms with Gasteiger partial charge >= 0.3 is 0 Å². The van der Waals surface area contributed by atoms with Crippen molar-refractivity contribution < 1.29 is 9.47 Å². The van der Waals surface area contributed by atoms with Crippen LogP contribution < -0.4 is 0 Å². The van der Waals surface area contributed by atoms with Crippen LogP contribution >= 0.6 is 0 Å². The molecule has 2 aliphatic rings. The average Bonchev–Trinajstić information content (AvgIpc) is 3.28. The normalized spacial score (nSPS) is 18.3. The molecule has 6 nitrogen and oxygen atoms in total. The molecule has 0 unspecified atom stereocenters. The number of nitrogens with zero attached hydrogens (tertiary/aromatic N) is 3. The van der Waals surface area contributed by atoms with Gasteiger partial charge < -0.3 is 19.0 Å². The van der Waals surface area contributed by atoms with E-state index in [1.165, 1.54) is 27.5 Å². The Bertz CT molecular complexity index is 1210. The van der Waals surface area contributed by atoms with E-state index < -0.39 is 0 Å². The maximum absolute atomic E-state index is 5.49. The van der Waals surface area contributed by atoms with Crippen LogP contribution in [0.15, 0.2) is 42.6 Å². The Labute approximate surface area is 175 Å². The number of aromatic nitrogens is 3. The molecule has 0 radical (unpaired) electrons. The van der Waals surface area contributed by atoms with Gasteiger partial charge in [-0.2, -0.15) is 0 Å². The molecule has 6 heteroatoms. The van der Waals surface area contributed by atoms with Crippen molar-refractivity contribution in [2.24, 2.45) is 0 Å². The van der Waals surface area contributed by atoms with Gasteiger partial charge in [-0.1, -0.05) is 18.2 Å². The fourth-order valence-electron chi connectivity index (χ4n) is 4.69. The number of hydrogen-bond acceptors (Lipinski definition) is 4. The maximum atomic E-state index is 5.49. The van der Waals surface area contributed by atoms with Crippen LogP contribution in [0.1, 0.15) is 17.4 Å². The van der Waals surface area contributed by atoms with Crippen molar-refractivity contribution in [2.45, 2.75) is 19.5 Å². The molecule has 0 bridgehead atoms. The number of benzene rings is 1. The summed E-state index contributed by atoms with van der Waals surface area (Å²) in [5.41, 5.74) is 6.93. The van der Waals surface area contributed by atoms with Gasteiger partial charge in [0.25, 0.3) is 0 Å². The Morgan fingerprint density at radius 1 is 1.07 bits per heavy atom. The summed E-state index contributed by atoms with van der Waals surface area (Å²) in [4.78, 5) is 11.1. The van der Waals surface area contributed by atoms with Crippen LogP contribution in [0.2, 0.25) is 0 Å². The molecule has 30 heavy (non-hydrogen) atoms. The zero-order valence-electron chi connectivity index (χ0n) is 17.2. The van der Waals surface area contributed by atoms with Gasteiger partial charge in [0.2, 0.25) is 0 Å². The van der Waals surface area contributed by atoms with Crippen molar-refractivity contribution in [1.29, 1.82) is 0 Å². The van der Waals surface area contributed by atoms with Crippen molar-refractivity contribution in [1.82, 2.24) is 19.4 Å². The monoisotopic (exact) mass is 402 g/mol. The highest BCUT2D eigenvalue weighted by Gasteiger charge is 2.24. The average molecular weight is 402 g/mol. The predicted molar refractivity (Wildman–Crippen MR) is 118 cm³/mol. The molecule has 4 aromatic rings. The van der Waals surface area contributed by atoms with Crippen LogP contribution in [0.5, 0.6) is 0 Å². The molecule has 0 aliphatic carbocycles. The van der Waals surface area contributed by atoms with Gasteiger partial charge in [0.1, 0.15) is 0 Å². The second-order valence-electron chi connectivity index (χ2n) is 8.42. The number of rotatable bonds is 4. The summed E-state index contributed by atoms with van der Waals surface area (Å²) in [6.07, 6.45) is 2.27. The summed E-state index contributed by atoms with van der Waals surface area (Å²) in [6, 6.07) is 13.5. The Balaban J connectivity index is 1.47. The van der Waals surface area contributed by atoms with Crippen molar-refractivity contribution >= 4 is 21.8 Å². The van der Waals surface area contributed by atoms with Crippen molar-refractivity contribution in [2.75, 3.05) is 39.5 Å². The van der Waals surface area contributed by atoms with Gasteiger partial charge in [0.15, 0.2) is 0 Å². The summed E-state index contributed by atoms with van der Waals surface area (Å²) in [6.45, 7) is 8.15. The van der Waals surface area contributed by atoms with Crippen molar-refractivity contribution in [3.63, 3.8) is 0 Å². The first-order valence-electron chi connectivity index (χ1n) is 10.7. The number of pyridine rings is 1. The molecule has 0 amide bonds. The van der Waals surface area contributed by atoms with Gasteiger partial charge in [-0.15, -0.1) is 0 Å². The minimum Gasteiger partial charge on any atom is -0.379 e. The lowest BCUT2D eigenvalue weighted by Crippen LogP contribution is -2.35. The number of H-pyrrole nitrogens is 1. The first-order chi connectivity index (χ1) is 14.8. The summed E-state index contributed by atoms with van der Waals surface area (Å²) in [7, 11) is 0. The van der Waals surface area contributed by atoms with E-state index in [-0.39, 0.29) is 0 Å². The number of nitrogens with one attached hydrogen (secondary N) is 1. The number of morpholine rings is 1. The zero-order chi connectivity index (χ0) is 20.1. The van der Waals surface area contributed by atoms with E-state index >= 15 is 0 Å². The third-order valence-corrected chi connectivity index (χ3v) is 6.31. The second-order valence-corrected chi connectivity index (χ2v) is 8.42. The number of hydrogen-bond donors (Lipinski definition) is 1. The molecular formula is C24H26N4O2. The fraction of sp³-hybridized carbons (Fsp3) is 0.375. The van der Waals surface area contributed by atoms with E-state index in [1.54, 1.807) is 0 Å². The summed E-state index contributed by atoms with van der Waals surface area (Å²) >= 11 is 0. The van der Waals surface area contributed by atoms with Crippen LogP contribution in [-0.2, 0) is 16.0 Å². The van der Waals surface area contributed by atoms with Crippen LogP contribution in [0.3, 0.4) is 0 Å². The van der Waals surface area contributed by atoms with E-state index in [9.17, 15) is 0 Å². The minimum atomic E-state index is 0.409. The molecule has 0 spiro atoms. The SMILES string of the molecule is Cc1cc2[nH]c(CN3CCOCC3)cc2c(-c2cn(C3COC3)c3ccccc23)n1. The Hall–Kier alpha value is -2.67. The lowest BCUT2D eigenvalue weighted by Gasteiger charge is -2.28. The highest BCUT2D eigenvalue weighted by Crippen LogP contribution is 2.37. The van der Waals surface area contributed by atoms with E-state index in [0.29, 0.717) is 6.04 Å². The predicted octanol–water partition coefficient (Wildman–Crippen LogP) is 3.90. The second kappa shape index (κ2) is 7.23. The van der Waals surface area contributed by atoms with Gasteiger partial charge in [0, 0.05) is 64.6 Å². The van der Waals surface area contributed by atoms with Crippen LogP contribution in [0.25, 0.3) is 33.1 Å². The van der Waals surface area contributed by atoms with E-state index in [0.717, 1.165) is 63.0 Å². The third kappa shape index (κ3) is 3.03. The molecule has 2 aliphatic heterocycles. The molecule has 0 atom stereocenters. The standard InChI is InChI=1S/C24H26N4O2/c1-16-10-22-20(11-17(26-22)12-27-6-8-29-9-7-27)24(25-16)21-13-28(18-14-30-15-18)23-5-3-2-4-19(21)23/h2-5,10-11,13,18,26H,6-9,12,14-15H2,1H3. The van der Waals surface area contributed by atoms with Gasteiger partial charge in [0.05, 0.1) is 38.2 Å². The third-order valence-electron chi connectivity index (χ3n) is 6.31. The Morgan fingerprint density at radius 3 is 2.70 bits per heavy atom. The highest BCUT2D eigenvalue weighted by molar-refractivity contribution is 6.03. The summed E-state index contributed by atoms with van der Waals surface area (Å²) < 4.78 is 13.3. The molecule has 2 fully saturated rings. The van der Waals surface area contributed by atoms with Gasteiger partial charge in [-0.3, -0.25) is 9.88 Å². The van der Waals surface area contributed by atoms with E-state index in [1.807, 2.05) is 0 Å². The topological polar surface area (TPSA) is 55.3 Å². The maximum Gasteiger partial charge on any atom is 0.0820 e. The quantitative estimate of drug-likeness (QED) is 0.563. The largest absolute Gasteiger partial charge is 0.379 e. The number of para-hydroxylation sites is 1. The summed E-state index contributed by atoms with van der Waals surface area (Å²) in [5, 5.41) is 2.44. The molecule has 1 aromatic carbocycles. The molecule has 2 saturated heterocycles. The van der Waals surface area contributed by atoms with Crippen molar-refractivity contribution in [3.8, 4) is 11.3 Å². The van der Waals surface area contributed by atoms with Crippen LogP contribution in [-0.4, -0.2) is 59.0 Å². The number of ether oxygens (including phenoxy) is 2. The number of aromatic amines is 1. The number of fused-ring (bicyclic) bond motifs is 2. The smallest absolute Gasteiger partial charge is 0.0820 e. The van der Waals surface area contributed by atoms with Gasteiger partial charge in [-0.25, -0.2) is 0 Å². The lowest BCUT2D eigenvalue weighted by atomic mass is 10.1. The first-order valence-corrected chi connectivity index (χ1v) is 10.7. The lowest BCUT2D eigenvalue weighted by molar-refractivity contribution is -0.0213. The molecule has 3 aromatic heterocycles. The molecule has 0 saturated carbocycles. The number of aryl methyl sites for hydroxylation is 1. The van der Waals surface area contributed by atoms with E-state index in [2.05, 4.69) is 64.0 Å². The van der Waals surface area contributed by atoms with Crippen LogP contribution in [0, 0.1) is 6.92 Å². The Morgan fingerprint density at radius 2 is 1.90 bits per heavy atom. The Kier molecular flexibility index (Phi) is 4.37.